The summed E-state index contributed by atoms with van der Waals surface area (Å²) in [6.45, 7) is 2.09. The Hall–Kier alpha value is -1.82. The molecule has 1 saturated heterocycles. The minimum absolute atomic E-state index is 0.0701. The van der Waals surface area contributed by atoms with Gasteiger partial charge < -0.3 is 15.1 Å². The topological polar surface area (TPSA) is 48.5 Å². The van der Waals surface area contributed by atoms with Crippen molar-refractivity contribution in [2.75, 3.05) is 44.0 Å². The molecule has 118 valence electrons. The first kappa shape index (κ1) is 15.1. The first-order chi connectivity index (χ1) is 10.6. The Kier molecular flexibility index (Phi) is 4.20. The fraction of sp³-hybridized carbons (Fsp3) is 0.500. The van der Waals surface area contributed by atoms with Crippen molar-refractivity contribution < 1.29 is 4.79 Å². The molecule has 1 N–H and O–H groups in total. The van der Waals surface area contributed by atoms with Crippen molar-refractivity contribution in [1.82, 2.24) is 10.3 Å². The number of hydrogen-bond donors (Lipinski definition) is 1. The van der Waals surface area contributed by atoms with Gasteiger partial charge in [-0.2, -0.15) is 0 Å². The fourth-order valence-electron chi connectivity index (χ4n) is 2.89. The van der Waals surface area contributed by atoms with E-state index < -0.39 is 0 Å². The number of piperidine rings is 1. The van der Waals surface area contributed by atoms with Gasteiger partial charge in [0.15, 0.2) is 0 Å². The third-order valence-electron chi connectivity index (χ3n) is 4.12. The van der Waals surface area contributed by atoms with E-state index in [1.165, 1.54) is 19.3 Å². The molecule has 1 aliphatic rings. The molecule has 0 unspecified atom stereocenters. The van der Waals surface area contributed by atoms with Crippen LogP contribution in [0.2, 0.25) is 0 Å². The van der Waals surface area contributed by atoms with Crippen LogP contribution in [0.5, 0.6) is 0 Å². The Bertz CT molecular complexity index is 689. The fourth-order valence-corrected chi connectivity index (χ4v) is 3.98. The van der Waals surface area contributed by atoms with E-state index in [1.807, 2.05) is 19.5 Å². The average molecular weight is 318 g/mol. The minimum Gasteiger partial charge on any atom is -0.376 e. The summed E-state index contributed by atoms with van der Waals surface area (Å²) in [5.74, 6) is 0.915. The molecule has 0 aromatic carbocycles. The third-order valence-corrected chi connectivity index (χ3v) is 5.11. The molecule has 2 aromatic rings. The highest BCUT2D eigenvalue weighted by molar-refractivity contribution is 7.18. The number of anilines is 2. The van der Waals surface area contributed by atoms with Crippen LogP contribution in [0, 0.1) is 0 Å². The second kappa shape index (κ2) is 6.12. The van der Waals surface area contributed by atoms with E-state index in [2.05, 4.69) is 21.2 Å². The summed E-state index contributed by atoms with van der Waals surface area (Å²) in [6.07, 6.45) is 3.72. The first-order valence-electron chi connectivity index (χ1n) is 7.68. The van der Waals surface area contributed by atoms with Crippen LogP contribution < -0.4 is 15.1 Å². The van der Waals surface area contributed by atoms with Gasteiger partial charge in [0, 0.05) is 45.7 Å². The highest BCUT2D eigenvalue weighted by atomic mass is 32.1. The molecule has 0 saturated carbocycles. The molecule has 2 aromatic heterocycles. The molecule has 3 rings (SSSR count). The largest absolute Gasteiger partial charge is 0.376 e. The van der Waals surface area contributed by atoms with E-state index in [0.717, 1.165) is 34.8 Å². The third kappa shape index (κ3) is 2.63. The van der Waals surface area contributed by atoms with E-state index in [-0.39, 0.29) is 5.91 Å². The number of nitrogens with zero attached hydrogens (tertiary/aromatic N) is 3. The van der Waals surface area contributed by atoms with Gasteiger partial charge in [0.05, 0.1) is 21.5 Å². The van der Waals surface area contributed by atoms with Crippen LogP contribution >= 0.6 is 11.3 Å². The molecule has 0 radical (unpaired) electrons. The SMILES string of the molecule is CNC(=O)c1csc2c(N(C)C)cc(N3CCCCC3)nc12. The summed E-state index contributed by atoms with van der Waals surface area (Å²) >= 11 is 1.58. The van der Waals surface area contributed by atoms with Crippen LogP contribution in [0.25, 0.3) is 10.2 Å². The standard InChI is InChI=1S/C16H22N4OS/c1-17-16(21)11-10-22-15-12(19(2)3)9-13(18-14(11)15)20-7-5-4-6-8-20/h9-10H,4-8H2,1-3H3,(H,17,21). The van der Waals surface area contributed by atoms with Gasteiger partial charge in [0.2, 0.25) is 0 Å². The van der Waals surface area contributed by atoms with Crippen molar-refractivity contribution in [2.45, 2.75) is 19.3 Å². The van der Waals surface area contributed by atoms with Crippen molar-refractivity contribution in [3.05, 3.63) is 17.0 Å². The number of aromatic nitrogens is 1. The van der Waals surface area contributed by atoms with Crippen molar-refractivity contribution >= 4 is 39.0 Å². The van der Waals surface area contributed by atoms with Gasteiger partial charge in [-0.15, -0.1) is 11.3 Å². The quantitative estimate of drug-likeness (QED) is 0.945. The Balaban J connectivity index is 2.14. The monoisotopic (exact) mass is 318 g/mol. The number of thiophene rings is 1. The van der Waals surface area contributed by atoms with E-state index in [1.54, 1.807) is 18.4 Å². The number of carbonyl (C=O) groups excluding carboxylic acids is 1. The predicted octanol–water partition coefficient (Wildman–Crippen LogP) is 2.71. The second-order valence-corrected chi connectivity index (χ2v) is 6.73. The zero-order valence-corrected chi connectivity index (χ0v) is 14.2. The maximum atomic E-state index is 12.1. The van der Waals surface area contributed by atoms with Gasteiger partial charge in [-0.05, 0) is 19.3 Å². The Morgan fingerprint density at radius 1 is 1.32 bits per heavy atom. The molecule has 0 spiro atoms. The Morgan fingerprint density at radius 2 is 2.05 bits per heavy atom. The molecule has 5 nitrogen and oxygen atoms in total. The van der Waals surface area contributed by atoms with Crippen molar-refractivity contribution in [1.29, 1.82) is 0 Å². The molecule has 1 fully saturated rings. The summed E-state index contributed by atoms with van der Waals surface area (Å²) in [6, 6.07) is 2.15. The Labute approximate surface area is 134 Å². The smallest absolute Gasteiger partial charge is 0.254 e. The highest BCUT2D eigenvalue weighted by Gasteiger charge is 2.20. The van der Waals surface area contributed by atoms with Gasteiger partial charge in [0.25, 0.3) is 5.91 Å². The molecule has 1 aliphatic heterocycles. The number of pyridine rings is 1. The maximum absolute atomic E-state index is 12.1. The Morgan fingerprint density at radius 3 is 2.68 bits per heavy atom. The summed E-state index contributed by atoms with van der Waals surface area (Å²) in [7, 11) is 5.73. The molecule has 22 heavy (non-hydrogen) atoms. The van der Waals surface area contributed by atoms with Gasteiger partial charge in [-0.3, -0.25) is 4.79 Å². The lowest BCUT2D eigenvalue weighted by molar-refractivity contribution is 0.0965. The average Bonchev–Trinajstić information content (AvgIpc) is 2.97. The number of amides is 1. The van der Waals surface area contributed by atoms with E-state index in [0.29, 0.717) is 5.56 Å². The van der Waals surface area contributed by atoms with Crippen molar-refractivity contribution in [3.63, 3.8) is 0 Å². The molecular weight excluding hydrogens is 296 g/mol. The molecule has 3 heterocycles. The van der Waals surface area contributed by atoms with Crippen molar-refractivity contribution in [3.8, 4) is 0 Å². The number of rotatable bonds is 3. The molecule has 0 aliphatic carbocycles. The number of nitrogens with one attached hydrogen (secondary N) is 1. The summed E-state index contributed by atoms with van der Waals surface area (Å²) in [5, 5.41) is 4.61. The highest BCUT2D eigenvalue weighted by Crippen LogP contribution is 2.36. The lowest BCUT2D eigenvalue weighted by atomic mass is 10.1. The van der Waals surface area contributed by atoms with Crippen LogP contribution in [0.15, 0.2) is 11.4 Å². The molecule has 0 atom stereocenters. The number of carbonyl (C=O) groups is 1. The predicted molar refractivity (Wildman–Crippen MR) is 93.4 cm³/mol. The van der Waals surface area contributed by atoms with Crippen molar-refractivity contribution in [2.24, 2.45) is 0 Å². The van der Waals surface area contributed by atoms with E-state index in [9.17, 15) is 4.79 Å². The molecule has 0 bridgehead atoms. The van der Waals surface area contributed by atoms with Crippen LogP contribution in [0.3, 0.4) is 0 Å². The zero-order valence-electron chi connectivity index (χ0n) is 13.3. The minimum atomic E-state index is -0.0701. The lowest BCUT2D eigenvalue weighted by Gasteiger charge is -2.29. The number of hydrogen-bond acceptors (Lipinski definition) is 5. The summed E-state index contributed by atoms with van der Waals surface area (Å²) < 4.78 is 1.07. The van der Waals surface area contributed by atoms with Crippen LogP contribution in [-0.4, -0.2) is 45.1 Å². The van der Waals surface area contributed by atoms with E-state index >= 15 is 0 Å². The van der Waals surface area contributed by atoms with E-state index in [4.69, 9.17) is 4.98 Å². The summed E-state index contributed by atoms with van der Waals surface area (Å²) in [4.78, 5) is 21.3. The second-order valence-electron chi connectivity index (χ2n) is 5.85. The molecule has 1 amide bonds. The lowest BCUT2D eigenvalue weighted by Crippen LogP contribution is -2.30. The first-order valence-corrected chi connectivity index (χ1v) is 8.56. The van der Waals surface area contributed by atoms with Crippen LogP contribution in [-0.2, 0) is 0 Å². The number of fused-ring (bicyclic) bond motifs is 1. The zero-order chi connectivity index (χ0) is 15.7. The molecular formula is C16H22N4OS. The maximum Gasteiger partial charge on any atom is 0.254 e. The molecule has 6 heteroatoms. The van der Waals surface area contributed by atoms with Gasteiger partial charge >= 0.3 is 0 Å². The van der Waals surface area contributed by atoms with Gasteiger partial charge in [-0.1, -0.05) is 0 Å². The van der Waals surface area contributed by atoms with Gasteiger partial charge in [-0.25, -0.2) is 4.98 Å². The normalized spacial score (nSPS) is 15.1. The van der Waals surface area contributed by atoms with Gasteiger partial charge in [0.1, 0.15) is 5.82 Å². The van der Waals surface area contributed by atoms with Crippen LogP contribution in [0.1, 0.15) is 29.6 Å². The summed E-state index contributed by atoms with van der Waals surface area (Å²) in [5.41, 5.74) is 2.62. The van der Waals surface area contributed by atoms with Crippen LogP contribution in [0.4, 0.5) is 11.5 Å².